The standard InChI is InChI=1S/C26H30N2O6/c1-5-15-34-19-10-7-17(8-11-19)24(30)22-23(18-9-12-20(29)21(16-18)33-6-2)28(14-13-27(3)4)26(32)25(22)31/h5,7-12,16,23,29-30H,1,6,13-15H2,2-4H3/b24-22+. The van der Waals surface area contributed by atoms with E-state index in [1.54, 1.807) is 49.4 Å². The maximum Gasteiger partial charge on any atom is 0.295 e. The lowest BCUT2D eigenvalue weighted by molar-refractivity contribution is -0.140. The number of ketones is 1. The molecular weight excluding hydrogens is 436 g/mol. The lowest BCUT2D eigenvalue weighted by Crippen LogP contribution is -2.35. The summed E-state index contributed by atoms with van der Waals surface area (Å²) in [5.74, 6) is -0.964. The number of benzene rings is 2. The molecule has 2 N–H and O–H groups in total. The molecule has 2 aromatic carbocycles. The van der Waals surface area contributed by atoms with Crippen molar-refractivity contribution in [2.45, 2.75) is 13.0 Å². The van der Waals surface area contributed by atoms with Crippen molar-refractivity contribution < 1.29 is 29.3 Å². The number of rotatable bonds is 10. The fourth-order valence-electron chi connectivity index (χ4n) is 3.76. The maximum absolute atomic E-state index is 13.1. The van der Waals surface area contributed by atoms with Crippen LogP contribution in [0.4, 0.5) is 0 Å². The van der Waals surface area contributed by atoms with Crippen LogP contribution in [-0.2, 0) is 9.59 Å². The van der Waals surface area contributed by atoms with Crippen molar-refractivity contribution in [2.75, 3.05) is 40.4 Å². The number of carbonyl (C=O) groups is 2. The zero-order valence-corrected chi connectivity index (χ0v) is 19.7. The average molecular weight is 467 g/mol. The fraction of sp³-hybridized carbons (Fsp3) is 0.308. The van der Waals surface area contributed by atoms with Crippen molar-refractivity contribution in [1.82, 2.24) is 9.80 Å². The Hall–Kier alpha value is -3.78. The van der Waals surface area contributed by atoms with Gasteiger partial charge in [0.15, 0.2) is 11.5 Å². The Morgan fingerprint density at radius 3 is 2.47 bits per heavy atom. The van der Waals surface area contributed by atoms with Crippen molar-refractivity contribution in [2.24, 2.45) is 0 Å². The molecule has 0 aliphatic carbocycles. The number of likely N-dealkylation sites (N-methyl/N-ethyl adjacent to an activating group) is 1. The Bertz CT molecular complexity index is 1090. The van der Waals surface area contributed by atoms with Gasteiger partial charge in [-0.15, -0.1) is 0 Å². The third-order valence-corrected chi connectivity index (χ3v) is 5.42. The molecule has 2 aromatic rings. The monoisotopic (exact) mass is 466 g/mol. The number of aromatic hydroxyl groups is 1. The Balaban J connectivity index is 2.10. The van der Waals surface area contributed by atoms with E-state index in [-0.39, 0.29) is 29.4 Å². The largest absolute Gasteiger partial charge is 0.507 e. The molecule has 0 aromatic heterocycles. The summed E-state index contributed by atoms with van der Waals surface area (Å²) in [5, 5.41) is 21.3. The van der Waals surface area contributed by atoms with E-state index < -0.39 is 17.7 Å². The number of phenols is 1. The number of ether oxygens (including phenoxy) is 2. The van der Waals surface area contributed by atoms with Gasteiger partial charge in [-0.3, -0.25) is 9.59 Å². The molecule has 8 nitrogen and oxygen atoms in total. The molecule has 0 saturated carbocycles. The van der Waals surface area contributed by atoms with Crippen LogP contribution < -0.4 is 9.47 Å². The van der Waals surface area contributed by atoms with E-state index in [1.807, 2.05) is 19.0 Å². The van der Waals surface area contributed by atoms with E-state index in [2.05, 4.69) is 6.58 Å². The van der Waals surface area contributed by atoms with Gasteiger partial charge in [0.1, 0.15) is 18.1 Å². The molecule has 0 radical (unpaired) electrons. The van der Waals surface area contributed by atoms with Crippen molar-refractivity contribution in [3.05, 3.63) is 71.8 Å². The van der Waals surface area contributed by atoms with Crippen molar-refractivity contribution >= 4 is 17.4 Å². The highest BCUT2D eigenvalue weighted by Gasteiger charge is 2.46. The number of likely N-dealkylation sites (tertiary alicyclic amines) is 1. The molecule has 1 saturated heterocycles. The molecule has 1 aliphatic heterocycles. The lowest BCUT2D eigenvalue weighted by Gasteiger charge is -2.27. The second-order valence-corrected chi connectivity index (χ2v) is 8.08. The van der Waals surface area contributed by atoms with Crippen molar-refractivity contribution in [3.8, 4) is 17.2 Å². The quantitative estimate of drug-likeness (QED) is 0.240. The molecule has 1 unspecified atom stereocenters. The van der Waals surface area contributed by atoms with E-state index in [0.717, 1.165) is 0 Å². The van der Waals surface area contributed by atoms with Crippen LogP contribution in [0.25, 0.3) is 5.76 Å². The molecule has 1 aliphatic rings. The second-order valence-electron chi connectivity index (χ2n) is 8.08. The van der Waals surface area contributed by atoms with Crippen LogP contribution in [-0.4, -0.2) is 72.1 Å². The molecule has 1 atom stereocenters. The smallest absolute Gasteiger partial charge is 0.295 e. The zero-order chi connectivity index (χ0) is 24.8. The Morgan fingerprint density at radius 2 is 1.85 bits per heavy atom. The highest BCUT2D eigenvalue weighted by Crippen LogP contribution is 2.41. The molecule has 1 fully saturated rings. The van der Waals surface area contributed by atoms with Gasteiger partial charge in [-0.05, 0) is 63.0 Å². The van der Waals surface area contributed by atoms with Crippen LogP contribution in [0.5, 0.6) is 17.2 Å². The predicted molar refractivity (Wildman–Crippen MR) is 129 cm³/mol. The first-order chi connectivity index (χ1) is 16.3. The summed E-state index contributed by atoms with van der Waals surface area (Å²) in [5.41, 5.74) is 0.911. The van der Waals surface area contributed by atoms with Gasteiger partial charge in [0, 0.05) is 18.7 Å². The van der Waals surface area contributed by atoms with E-state index in [0.29, 0.717) is 36.6 Å². The summed E-state index contributed by atoms with van der Waals surface area (Å²) in [7, 11) is 3.74. The molecule has 34 heavy (non-hydrogen) atoms. The summed E-state index contributed by atoms with van der Waals surface area (Å²) in [6, 6.07) is 10.4. The van der Waals surface area contributed by atoms with Crippen LogP contribution >= 0.6 is 0 Å². The summed E-state index contributed by atoms with van der Waals surface area (Å²) >= 11 is 0. The van der Waals surface area contributed by atoms with Crippen molar-refractivity contribution in [1.29, 1.82) is 0 Å². The highest BCUT2D eigenvalue weighted by atomic mass is 16.5. The summed E-state index contributed by atoms with van der Waals surface area (Å²) in [6.45, 7) is 6.87. The van der Waals surface area contributed by atoms with Crippen LogP contribution in [0.3, 0.4) is 0 Å². The van der Waals surface area contributed by atoms with Crippen LogP contribution in [0, 0.1) is 0 Å². The Morgan fingerprint density at radius 1 is 1.15 bits per heavy atom. The number of amides is 1. The first-order valence-corrected chi connectivity index (χ1v) is 11.0. The van der Waals surface area contributed by atoms with E-state index >= 15 is 0 Å². The number of Topliss-reactive ketones (excluding diaryl/α,β-unsaturated/α-hetero) is 1. The van der Waals surface area contributed by atoms with Gasteiger partial charge < -0.3 is 29.5 Å². The van der Waals surface area contributed by atoms with Gasteiger partial charge in [-0.1, -0.05) is 18.7 Å². The molecule has 1 amide bonds. The topological polar surface area (TPSA) is 99.5 Å². The van der Waals surface area contributed by atoms with Gasteiger partial charge in [0.25, 0.3) is 11.7 Å². The number of phenolic OH excluding ortho intramolecular Hbond substituents is 1. The minimum Gasteiger partial charge on any atom is -0.507 e. The first kappa shape index (κ1) is 24.9. The average Bonchev–Trinajstić information content (AvgIpc) is 3.07. The maximum atomic E-state index is 13.1. The summed E-state index contributed by atoms with van der Waals surface area (Å²) in [6.07, 6.45) is 1.62. The van der Waals surface area contributed by atoms with Gasteiger partial charge in [-0.25, -0.2) is 0 Å². The lowest BCUT2D eigenvalue weighted by atomic mass is 9.95. The Labute approximate surface area is 199 Å². The second kappa shape index (κ2) is 10.9. The minimum absolute atomic E-state index is 0.0170. The third-order valence-electron chi connectivity index (χ3n) is 5.42. The van der Waals surface area contributed by atoms with Gasteiger partial charge in [0.2, 0.25) is 0 Å². The number of aliphatic hydroxyl groups excluding tert-OH is 1. The molecule has 1 heterocycles. The fourth-order valence-corrected chi connectivity index (χ4v) is 3.76. The first-order valence-electron chi connectivity index (χ1n) is 11.0. The SMILES string of the molecule is C=CCOc1ccc(/C(O)=C2\C(=O)C(=O)N(CCN(C)C)C2c2ccc(O)c(OCC)c2)cc1. The predicted octanol–water partition coefficient (Wildman–Crippen LogP) is 3.34. The molecule has 8 heteroatoms. The number of aliphatic hydroxyl groups is 1. The Kier molecular flexibility index (Phi) is 7.96. The van der Waals surface area contributed by atoms with Crippen LogP contribution in [0.15, 0.2) is 60.7 Å². The van der Waals surface area contributed by atoms with E-state index in [1.165, 1.54) is 11.0 Å². The summed E-state index contributed by atoms with van der Waals surface area (Å²) < 4.78 is 11.0. The zero-order valence-electron chi connectivity index (χ0n) is 19.7. The molecule has 0 bridgehead atoms. The van der Waals surface area contributed by atoms with Gasteiger partial charge in [-0.2, -0.15) is 0 Å². The number of hydrogen-bond acceptors (Lipinski definition) is 7. The van der Waals surface area contributed by atoms with Crippen LogP contribution in [0.2, 0.25) is 0 Å². The van der Waals surface area contributed by atoms with Crippen molar-refractivity contribution in [3.63, 3.8) is 0 Å². The normalized spacial score (nSPS) is 17.3. The highest BCUT2D eigenvalue weighted by molar-refractivity contribution is 6.46. The minimum atomic E-state index is -0.837. The van der Waals surface area contributed by atoms with E-state index in [4.69, 9.17) is 9.47 Å². The summed E-state index contributed by atoms with van der Waals surface area (Å²) in [4.78, 5) is 29.5. The van der Waals surface area contributed by atoms with Gasteiger partial charge >= 0.3 is 0 Å². The molecular formula is C26H30N2O6. The van der Waals surface area contributed by atoms with Crippen LogP contribution in [0.1, 0.15) is 24.1 Å². The third kappa shape index (κ3) is 5.23. The number of carbonyl (C=O) groups excluding carboxylic acids is 2. The number of nitrogens with zero attached hydrogens (tertiary/aromatic N) is 2. The molecule has 3 rings (SSSR count). The molecule has 0 spiro atoms. The van der Waals surface area contributed by atoms with E-state index in [9.17, 15) is 19.8 Å². The van der Waals surface area contributed by atoms with Gasteiger partial charge in [0.05, 0.1) is 18.2 Å². The number of hydrogen-bond donors (Lipinski definition) is 2. The molecule has 180 valence electrons.